The summed E-state index contributed by atoms with van der Waals surface area (Å²) >= 11 is 5.24. The highest BCUT2D eigenvalue weighted by molar-refractivity contribution is 6.67. The van der Waals surface area contributed by atoms with Gasteiger partial charge in [-0.1, -0.05) is 11.6 Å². The molecule has 0 aromatic rings. The van der Waals surface area contributed by atoms with E-state index in [2.05, 4.69) is 10.3 Å². The quantitative estimate of drug-likeness (QED) is 0.452. The molecule has 0 spiro atoms. The summed E-state index contributed by atoms with van der Waals surface area (Å²) in [6.07, 6.45) is 0. The SMILES string of the molecule is O=C1[N]CC(Cl)=N1. The van der Waals surface area contributed by atoms with E-state index in [1.807, 2.05) is 0 Å². The number of rotatable bonds is 0. The highest BCUT2D eigenvalue weighted by Gasteiger charge is 2.10. The third-order valence-electron chi connectivity index (χ3n) is 0.562. The molecule has 4 heteroatoms. The maximum absolute atomic E-state index is 10.0. The van der Waals surface area contributed by atoms with Gasteiger partial charge in [0, 0.05) is 0 Å². The normalized spacial score (nSPS) is 19.0. The van der Waals surface area contributed by atoms with E-state index in [0.29, 0.717) is 0 Å². The largest absolute Gasteiger partial charge is 0.364 e. The maximum atomic E-state index is 10.0. The number of hydrogen-bond acceptors (Lipinski definition) is 1. The number of halogens is 1. The van der Waals surface area contributed by atoms with Crippen LogP contribution in [0.5, 0.6) is 0 Å². The fourth-order valence-electron chi connectivity index (χ4n) is 0.307. The molecular weight excluding hydrogens is 115 g/mol. The third-order valence-corrected chi connectivity index (χ3v) is 0.766. The van der Waals surface area contributed by atoms with Gasteiger partial charge in [-0.2, -0.15) is 4.99 Å². The molecule has 0 saturated heterocycles. The number of nitrogens with zero attached hydrogens (tertiary/aromatic N) is 2. The van der Waals surface area contributed by atoms with Gasteiger partial charge in [-0.25, -0.2) is 10.1 Å². The van der Waals surface area contributed by atoms with Gasteiger partial charge in [0.15, 0.2) is 0 Å². The van der Waals surface area contributed by atoms with Crippen LogP contribution in [-0.2, 0) is 0 Å². The molecule has 1 aliphatic heterocycles. The Kier molecular flexibility index (Phi) is 0.982. The Morgan fingerprint density at radius 1 is 1.71 bits per heavy atom. The lowest BCUT2D eigenvalue weighted by molar-refractivity contribution is 0.251. The van der Waals surface area contributed by atoms with Crippen LogP contribution < -0.4 is 5.32 Å². The molecule has 37 valence electrons. The minimum atomic E-state index is -0.468. The van der Waals surface area contributed by atoms with Gasteiger partial charge >= 0.3 is 6.03 Å². The molecule has 3 nitrogen and oxygen atoms in total. The van der Waals surface area contributed by atoms with Crippen molar-refractivity contribution in [3.63, 3.8) is 0 Å². The Balaban J connectivity index is 2.67. The van der Waals surface area contributed by atoms with Crippen molar-refractivity contribution in [3.05, 3.63) is 0 Å². The Labute approximate surface area is 45.4 Å². The molecule has 0 atom stereocenters. The number of carbonyl (C=O) groups is 1. The number of hydrogen-bond donors (Lipinski definition) is 0. The van der Waals surface area contributed by atoms with Crippen molar-refractivity contribution in [2.24, 2.45) is 4.99 Å². The molecule has 1 radical (unpaired) electrons. The van der Waals surface area contributed by atoms with Crippen LogP contribution in [0.1, 0.15) is 0 Å². The smallest absolute Gasteiger partial charge is 0.244 e. The monoisotopic (exact) mass is 117 g/mol. The lowest BCUT2D eigenvalue weighted by Gasteiger charge is -1.74. The Bertz CT molecular complexity index is 131. The van der Waals surface area contributed by atoms with Crippen molar-refractivity contribution in [2.45, 2.75) is 0 Å². The summed E-state index contributed by atoms with van der Waals surface area (Å²) < 4.78 is 0. The topological polar surface area (TPSA) is 43.5 Å². The summed E-state index contributed by atoms with van der Waals surface area (Å²) in [7, 11) is 0. The van der Waals surface area contributed by atoms with Gasteiger partial charge in [0.1, 0.15) is 5.17 Å². The van der Waals surface area contributed by atoms with Crippen molar-refractivity contribution in [1.29, 1.82) is 0 Å². The maximum Gasteiger partial charge on any atom is 0.364 e. The number of amides is 2. The van der Waals surface area contributed by atoms with E-state index in [9.17, 15) is 4.79 Å². The van der Waals surface area contributed by atoms with Crippen LogP contribution in [0.3, 0.4) is 0 Å². The molecule has 0 unspecified atom stereocenters. The van der Waals surface area contributed by atoms with E-state index in [0.717, 1.165) is 0 Å². The van der Waals surface area contributed by atoms with Crippen LogP contribution in [0, 0.1) is 0 Å². The molecule has 0 N–H and O–H groups in total. The van der Waals surface area contributed by atoms with Crippen LogP contribution in [0.15, 0.2) is 4.99 Å². The molecule has 1 heterocycles. The van der Waals surface area contributed by atoms with Crippen LogP contribution in [0.2, 0.25) is 0 Å². The molecule has 1 aliphatic rings. The minimum Gasteiger partial charge on any atom is -0.244 e. The van der Waals surface area contributed by atoms with Gasteiger partial charge in [-0.3, -0.25) is 0 Å². The van der Waals surface area contributed by atoms with Crippen molar-refractivity contribution in [2.75, 3.05) is 6.54 Å². The standard InChI is InChI=1S/C3H2ClN2O/c4-2-1-5-3(7)6-2/h1H2. The van der Waals surface area contributed by atoms with E-state index in [-0.39, 0.29) is 11.7 Å². The first-order chi connectivity index (χ1) is 3.29. The van der Waals surface area contributed by atoms with Crippen LogP contribution in [0.25, 0.3) is 0 Å². The molecule has 2 amide bonds. The van der Waals surface area contributed by atoms with Crippen LogP contribution in [-0.4, -0.2) is 17.7 Å². The third kappa shape index (κ3) is 0.899. The molecule has 0 aromatic heterocycles. The first-order valence-corrected chi connectivity index (χ1v) is 2.11. The lowest BCUT2D eigenvalue weighted by Crippen LogP contribution is -2.04. The van der Waals surface area contributed by atoms with Gasteiger partial charge in [-0.15, -0.1) is 0 Å². The van der Waals surface area contributed by atoms with Gasteiger partial charge in [0.2, 0.25) is 0 Å². The lowest BCUT2D eigenvalue weighted by atomic mass is 10.7. The number of aliphatic imine (C=N–C) groups is 1. The van der Waals surface area contributed by atoms with E-state index in [1.165, 1.54) is 0 Å². The number of carbonyl (C=O) groups excluding carboxylic acids is 1. The van der Waals surface area contributed by atoms with Crippen LogP contribution in [0.4, 0.5) is 4.79 Å². The summed E-state index contributed by atoms with van der Waals surface area (Å²) in [5.41, 5.74) is 0. The fraction of sp³-hybridized carbons (Fsp3) is 0.333. The average Bonchev–Trinajstić information content (AvgIpc) is 1.87. The zero-order chi connectivity index (χ0) is 5.28. The fourth-order valence-corrected chi connectivity index (χ4v) is 0.439. The van der Waals surface area contributed by atoms with Crippen molar-refractivity contribution >= 4 is 22.8 Å². The zero-order valence-corrected chi connectivity index (χ0v) is 4.14. The second-order valence-electron chi connectivity index (χ2n) is 1.09. The first kappa shape index (κ1) is 4.59. The molecule has 1 rings (SSSR count). The predicted octanol–water partition coefficient (Wildman–Crippen LogP) is 0.362. The minimum absolute atomic E-state index is 0.264. The van der Waals surface area contributed by atoms with E-state index >= 15 is 0 Å². The average molecular weight is 118 g/mol. The Morgan fingerprint density at radius 2 is 2.43 bits per heavy atom. The summed E-state index contributed by atoms with van der Waals surface area (Å²) in [5, 5.41) is 3.63. The van der Waals surface area contributed by atoms with Gasteiger partial charge in [0.05, 0.1) is 6.54 Å². The van der Waals surface area contributed by atoms with E-state index < -0.39 is 6.03 Å². The molecule has 0 bridgehead atoms. The molecule has 0 aliphatic carbocycles. The van der Waals surface area contributed by atoms with Crippen LogP contribution >= 0.6 is 11.6 Å². The predicted molar refractivity (Wildman–Crippen MR) is 25.7 cm³/mol. The Hall–Kier alpha value is -0.570. The first-order valence-electron chi connectivity index (χ1n) is 1.73. The molecule has 7 heavy (non-hydrogen) atoms. The second kappa shape index (κ2) is 1.50. The molecule has 0 saturated carbocycles. The molecule has 0 aromatic carbocycles. The summed E-state index contributed by atoms with van der Waals surface area (Å²) in [6.45, 7) is 0.264. The van der Waals surface area contributed by atoms with Gasteiger partial charge in [-0.05, 0) is 0 Å². The van der Waals surface area contributed by atoms with Gasteiger partial charge in [0.25, 0.3) is 0 Å². The van der Waals surface area contributed by atoms with E-state index in [1.54, 1.807) is 0 Å². The second-order valence-corrected chi connectivity index (χ2v) is 1.52. The Morgan fingerprint density at radius 3 is 2.57 bits per heavy atom. The number of urea groups is 1. The molecule has 0 fully saturated rings. The van der Waals surface area contributed by atoms with Gasteiger partial charge < -0.3 is 0 Å². The molecular formula is C3H2ClN2O. The van der Waals surface area contributed by atoms with Crippen molar-refractivity contribution in [1.82, 2.24) is 5.32 Å². The summed E-state index contributed by atoms with van der Waals surface area (Å²) in [5.74, 6) is 0. The summed E-state index contributed by atoms with van der Waals surface area (Å²) in [6, 6.07) is -0.468. The highest BCUT2D eigenvalue weighted by atomic mass is 35.5. The highest BCUT2D eigenvalue weighted by Crippen LogP contribution is 1.93. The zero-order valence-electron chi connectivity index (χ0n) is 3.39. The summed E-state index contributed by atoms with van der Waals surface area (Å²) in [4.78, 5) is 13.3. The van der Waals surface area contributed by atoms with E-state index in [4.69, 9.17) is 11.6 Å². The van der Waals surface area contributed by atoms with Crippen molar-refractivity contribution in [3.8, 4) is 0 Å². The van der Waals surface area contributed by atoms with Crippen molar-refractivity contribution < 1.29 is 4.79 Å².